The van der Waals surface area contributed by atoms with Crippen molar-refractivity contribution in [2.45, 2.75) is 78.1 Å². The number of hydrogen-bond acceptors (Lipinski definition) is 5. The van der Waals surface area contributed by atoms with Gasteiger partial charge in [-0.2, -0.15) is 10.2 Å². The van der Waals surface area contributed by atoms with Gasteiger partial charge in [0.25, 0.3) is 0 Å². The van der Waals surface area contributed by atoms with Gasteiger partial charge < -0.3 is 9.64 Å². The summed E-state index contributed by atoms with van der Waals surface area (Å²) in [5.74, 6) is 0.981. The molecule has 0 bridgehead atoms. The van der Waals surface area contributed by atoms with Crippen LogP contribution in [0.15, 0.2) is 91.6 Å². The van der Waals surface area contributed by atoms with Crippen LogP contribution in [0.25, 0.3) is 0 Å². The van der Waals surface area contributed by atoms with Crippen LogP contribution in [0.5, 0.6) is 5.75 Å². The van der Waals surface area contributed by atoms with Crippen molar-refractivity contribution in [3.05, 3.63) is 125 Å². The predicted octanol–water partition coefficient (Wildman–Crippen LogP) is 6.90. The van der Waals surface area contributed by atoms with Crippen LogP contribution in [-0.2, 0) is 37.5 Å². The van der Waals surface area contributed by atoms with Crippen molar-refractivity contribution in [1.29, 1.82) is 0 Å². The fraction of sp³-hybridized carbons (Fsp3) is 0.333. The third-order valence-corrected chi connectivity index (χ3v) is 8.32. The van der Waals surface area contributed by atoms with Crippen molar-refractivity contribution in [2.75, 3.05) is 4.90 Å². The third kappa shape index (κ3) is 6.59. The summed E-state index contributed by atoms with van der Waals surface area (Å²) < 4.78 is 10.1. The molecule has 1 aliphatic rings. The summed E-state index contributed by atoms with van der Waals surface area (Å²) >= 11 is 0. The Hall–Kier alpha value is -4.72. The molecule has 8 heteroatoms. The summed E-state index contributed by atoms with van der Waals surface area (Å²) in [6, 6.07) is 20.4. The monoisotopic (exact) mass is 588 g/mol. The topological polar surface area (TPSA) is 78.1 Å². The maximum Gasteiger partial charge on any atom is 0.234 e. The van der Waals surface area contributed by atoms with Crippen molar-refractivity contribution >= 4 is 11.6 Å². The van der Waals surface area contributed by atoms with Crippen molar-refractivity contribution < 1.29 is 9.53 Å². The normalized spacial score (nSPS) is 14.4. The van der Waals surface area contributed by atoms with E-state index < -0.39 is 0 Å². The van der Waals surface area contributed by atoms with E-state index in [4.69, 9.17) is 9.72 Å². The molecule has 0 aliphatic heterocycles. The average molecular weight is 589 g/mol. The molecule has 0 saturated heterocycles. The van der Waals surface area contributed by atoms with Gasteiger partial charge >= 0.3 is 0 Å². The van der Waals surface area contributed by atoms with Crippen molar-refractivity contribution in [1.82, 2.24) is 24.5 Å². The molecule has 8 nitrogen and oxygen atoms in total. The fourth-order valence-electron chi connectivity index (χ4n) is 5.93. The second kappa shape index (κ2) is 13.3. The quantitative estimate of drug-likeness (QED) is 0.168. The lowest BCUT2D eigenvalue weighted by Gasteiger charge is -2.31. The Morgan fingerprint density at radius 1 is 0.932 bits per heavy atom. The van der Waals surface area contributed by atoms with Crippen molar-refractivity contribution in [2.24, 2.45) is 0 Å². The first-order valence-corrected chi connectivity index (χ1v) is 15.6. The van der Waals surface area contributed by atoms with Crippen LogP contribution in [0.1, 0.15) is 79.0 Å². The van der Waals surface area contributed by atoms with Crippen LogP contribution >= 0.6 is 0 Å². The van der Waals surface area contributed by atoms with Gasteiger partial charge in [-0.15, -0.1) is 0 Å². The van der Waals surface area contributed by atoms with Crippen LogP contribution in [0.3, 0.4) is 0 Å². The Morgan fingerprint density at radius 2 is 1.73 bits per heavy atom. The highest BCUT2D eigenvalue weighted by molar-refractivity contribution is 5.98. The lowest BCUT2D eigenvalue weighted by Crippen LogP contribution is -2.36. The van der Waals surface area contributed by atoms with Gasteiger partial charge in [-0.3, -0.25) is 19.1 Å². The maximum atomic E-state index is 14.5. The van der Waals surface area contributed by atoms with E-state index in [0.717, 1.165) is 70.8 Å². The molecule has 1 unspecified atom stereocenters. The summed E-state index contributed by atoms with van der Waals surface area (Å²) in [5, 5.41) is 8.98. The maximum absolute atomic E-state index is 14.5. The van der Waals surface area contributed by atoms with E-state index in [0.29, 0.717) is 25.6 Å². The first kappa shape index (κ1) is 29.4. The molecule has 6 rings (SSSR count). The van der Waals surface area contributed by atoms with Crippen molar-refractivity contribution in [3.8, 4) is 5.75 Å². The molecule has 226 valence electrons. The van der Waals surface area contributed by atoms with Gasteiger partial charge in [0.1, 0.15) is 12.4 Å². The Balaban J connectivity index is 1.26. The molecule has 3 heterocycles. The van der Waals surface area contributed by atoms with Crippen molar-refractivity contribution in [3.63, 3.8) is 0 Å². The number of rotatable bonds is 11. The van der Waals surface area contributed by atoms with Crippen LogP contribution in [0.4, 0.5) is 5.69 Å². The van der Waals surface area contributed by atoms with Gasteiger partial charge in [0.05, 0.1) is 43.3 Å². The summed E-state index contributed by atoms with van der Waals surface area (Å²) in [5.41, 5.74) is 7.17. The number of pyridine rings is 1. The lowest BCUT2D eigenvalue weighted by atomic mass is 9.81. The highest BCUT2D eigenvalue weighted by Crippen LogP contribution is 2.39. The Morgan fingerprint density at radius 3 is 2.48 bits per heavy atom. The number of benzene rings is 2. The number of aromatic nitrogens is 5. The number of amides is 1. The van der Waals surface area contributed by atoms with Gasteiger partial charge in [0.2, 0.25) is 5.91 Å². The molecule has 0 radical (unpaired) electrons. The number of aryl methyl sites for hydroxylation is 1. The molecule has 1 aliphatic carbocycles. The second-order valence-electron chi connectivity index (χ2n) is 11.8. The molecule has 3 aromatic heterocycles. The minimum absolute atomic E-state index is 0.0715. The first-order valence-electron chi connectivity index (χ1n) is 15.6. The first-order chi connectivity index (χ1) is 21.5. The number of fused-ring (bicyclic) bond motifs is 1. The minimum atomic E-state index is -0.265. The molecule has 0 fully saturated rings. The number of hydrogen-bond donors (Lipinski definition) is 0. The molecule has 0 N–H and O–H groups in total. The molecular formula is C36H40N6O2. The Bertz CT molecular complexity index is 1690. The van der Waals surface area contributed by atoms with Crippen LogP contribution in [0.2, 0.25) is 0 Å². The number of carbonyl (C=O) groups excluding carboxylic acids is 1. The second-order valence-corrected chi connectivity index (χ2v) is 11.8. The van der Waals surface area contributed by atoms with E-state index in [9.17, 15) is 4.79 Å². The fourth-order valence-corrected chi connectivity index (χ4v) is 5.93. The summed E-state index contributed by atoms with van der Waals surface area (Å²) in [6.07, 6.45) is 12.2. The SMILES string of the molecule is CCn1cc(Cn2cc(CN(C(=O)C3CCCc4c(OCc5ccccc5)cccc43)c3ccc(C(C)C)nc3)cn2)cn1. The van der Waals surface area contributed by atoms with Crippen LogP contribution in [0, 0.1) is 0 Å². The minimum Gasteiger partial charge on any atom is -0.489 e. The molecule has 1 atom stereocenters. The summed E-state index contributed by atoms with van der Waals surface area (Å²) in [6.45, 7) is 8.68. The number of nitrogens with zero attached hydrogens (tertiary/aromatic N) is 6. The van der Waals surface area contributed by atoms with E-state index >= 15 is 0 Å². The number of ether oxygens (including phenoxy) is 1. The van der Waals surface area contributed by atoms with E-state index in [1.54, 1.807) is 0 Å². The average Bonchev–Trinajstić information content (AvgIpc) is 3.71. The molecule has 1 amide bonds. The summed E-state index contributed by atoms with van der Waals surface area (Å²) in [7, 11) is 0. The largest absolute Gasteiger partial charge is 0.489 e. The predicted molar refractivity (Wildman–Crippen MR) is 172 cm³/mol. The Labute approximate surface area is 259 Å². The lowest BCUT2D eigenvalue weighted by molar-refractivity contribution is -0.120. The highest BCUT2D eigenvalue weighted by atomic mass is 16.5. The zero-order chi connectivity index (χ0) is 30.5. The van der Waals surface area contributed by atoms with Gasteiger partial charge in [-0.05, 0) is 67.0 Å². The summed E-state index contributed by atoms with van der Waals surface area (Å²) in [4.78, 5) is 21.1. The van der Waals surface area contributed by atoms with Gasteiger partial charge in [0.15, 0.2) is 0 Å². The highest BCUT2D eigenvalue weighted by Gasteiger charge is 2.32. The van der Waals surface area contributed by atoms with Crippen LogP contribution in [-0.4, -0.2) is 30.5 Å². The molecule has 0 saturated carbocycles. The molecule has 44 heavy (non-hydrogen) atoms. The van der Waals surface area contributed by atoms with E-state index in [1.165, 1.54) is 0 Å². The van der Waals surface area contributed by atoms with Gasteiger partial charge in [0, 0.05) is 35.8 Å². The van der Waals surface area contributed by atoms with E-state index in [2.05, 4.69) is 49.2 Å². The molecule has 5 aromatic rings. The van der Waals surface area contributed by atoms with Crippen LogP contribution < -0.4 is 9.64 Å². The zero-order valence-corrected chi connectivity index (χ0v) is 25.8. The molecular weight excluding hydrogens is 548 g/mol. The Kier molecular flexibility index (Phi) is 8.86. The number of carbonyl (C=O) groups is 1. The van der Waals surface area contributed by atoms with Gasteiger partial charge in [-0.1, -0.05) is 56.3 Å². The number of anilines is 1. The van der Waals surface area contributed by atoms with E-state index in [-0.39, 0.29) is 11.8 Å². The van der Waals surface area contributed by atoms with Gasteiger partial charge in [-0.25, -0.2) is 0 Å². The standard InChI is InChI=1S/C36H40N6O2/c1-4-40-21-28(18-38-40)22-41-23-29(19-39-41)24-42(30-16-17-34(26(2)3)37-20-30)36(43)33-14-8-13-32-31(33)12-9-15-35(32)44-25-27-10-6-5-7-11-27/h5-7,9-12,15-21,23,26,33H,4,8,13-14,22,24-25H2,1-3H3. The molecule has 2 aromatic carbocycles. The van der Waals surface area contributed by atoms with E-state index in [1.807, 2.05) is 87.7 Å². The zero-order valence-electron chi connectivity index (χ0n) is 25.8. The smallest absolute Gasteiger partial charge is 0.234 e. The third-order valence-electron chi connectivity index (χ3n) is 8.32. The molecule has 0 spiro atoms.